The predicted octanol–water partition coefficient (Wildman–Crippen LogP) is 0.865. The summed E-state index contributed by atoms with van der Waals surface area (Å²) >= 11 is 0. The molecule has 1 aromatic heterocycles. The van der Waals surface area contributed by atoms with Crippen LogP contribution in [0.1, 0.15) is 5.56 Å². The molecule has 0 fully saturated rings. The summed E-state index contributed by atoms with van der Waals surface area (Å²) in [5.74, 6) is -0.312. The molecule has 2 rings (SSSR count). The van der Waals surface area contributed by atoms with Crippen LogP contribution in [0.5, 0.6) is 0 Å². The molecule has 2 aromatic rings. The second-order valence-electron chi connectivity index (χ2n) is 2.82. The fraction of sp³-hybridized carbons (Fsp3) is 0.111. The third kappa shape index (κ3) is 1.49. The zero-order valence-corrected chi connectivity index (χ0v) is 7.39. The summed E-state index contributed by atoms with van der Waals surface area (Å²) in [5, 5.41) is 7.43. The zero-order chi connectivity index (χ0) is 9.97. The number of halogens is 1. The second kappa shape index (κ2) is 3.55. The normalized spacial score (nSPS) is 10.4. The molecule has 0 atom stereocenters. The molecule has 0 amide bonds. The van der Waals surface area contributed by atoms with Crippen molar-refractivity contribution in [2.24, 2.45) is 5.73 Å². The Bertz CT molecular complexity index is 424. The summed E-state index contributed by atoms with van der Waals surface area (Å²) in [6.45, 7) is 0.343. The van der Waals surface area contributed by atoms with E-state index in [0.29, 0.717) is 12.2 Å². The molecule has 1 aromatic carbocycles. The van der Waals surface area contributed by atoms with Gasteiger partial charge in [0.15, 0.2) is 0 Å². The van der Waals surface area contributed by atoms with Crippen molar-refractivity contribution in [2.75, 3.05) is 0 Å². The predicted molar refractivity (Wildman–Crippen MR) is 49.2 cm³/mol. The summed E-state index contributed by atoms with van der Waals surface area (Å²) < 4.78 is 14.5. The summed E-state index contributed by atoms with van der Waals surface area (Å²) in [6, 6.07) is 4.41. The number of aromatic nitrogens is 3. The first kappa shape index (κ1) is 8.83. The lowest BCUT2D eigenvalue weighted by molar-refractivity contribution is 0.623. The Kier molecular flexibility index (Phi) is 2.24. The van der Waals surface area contributed by atoms with Gasteiger partial charge in [0.2, 0.25) is 0 Å². The summed E-state index contributed by atoms with van der Waals surface area (Å²) in [5.41, 5.74) is 6.98. The Balaban J connectivity index is 2.55. The van der Waals surface area contributed by atoms with Gasteiger partial charge in [0.1, 0.15) is 5.82 Å². The van der Waals surface area contributed by atoms with E-state index in [1.54, 1.807) is 12.3 Å². The van der Waals surface area contributed by atoms with Gasteiger partial charge in [0.25, 0.3) is 0 Å². The molecule has 0 radical (unpaired) electrons. The molecule has 1 heterocycles. The lowest BCUT2D eigenvalue weighted by Crippen LogP contribution is -2.05. The molecule has 0 aliphatic carbocycles. The van der Waals surface area contributed by atoms with E-state index in [2.05, 4.69) is 10.3 Å². The first-order chi connectivity index (χ1) is 6.81. The van der Waals surface area contributed by atoms with E-state index < -0.39 is 0 Å². The second-order valence-corrected chi connectivity index (χ2v) is 2.82. The van der Waals surface area contributed by atoms with Crippen molar-refractivity contribution < 1.29 is 4.39 Å². The monoisotopic (exact) mass is 192 g/mol. The van der Waals surface area contributed by atoms with Crippen molar-refractivity contribution in [1.29, 1.82) is 0 Å². The zero-order valence-electron chi connectivity index (χ0n) is 7.39. The fourth-order valence-corrected chi connectivity index (χ4v) is 1.26. The van der Waals surface area contributed by atoms with Gasteiger partial charge in [-0.05, 0) is 17.7 Å². The van der Waals surface area contributed by atoms with Crippen LogP contribution < -0.4 is 5.73 Å². The highest BCUT2D eigenvalue weighted by Gasteiger charge is 2.05. The molecule has 0 bridgehead atoms. The van der Waals surface area contributed by atoms with E-state index in [-0.39, 0.29) is 5.82 Å². The first-order valence-electron chi connectivity index (χ1n) is 4.16. The van der Waals surface area contributed by atoms with Crippen LogP contribution in [-0.4, -0.2) is 15.0 Å². The van der Waals surface area contributed by atoms with Crippen molar-refractivity contribution in [1.82, 2.24) is 15.0 Å². The minimum absolute atomic E-state index is 0.312. The van der Waals surface area contributed by atoms with E-state index in [9.17, 15) is 4.39 Å². The van der Waals surface area contributed by atoms with Crippen LogP contribution >= 0.6 is 0 Å². The molecule has 0 spiro atoms. The lowest BCUT2D eigenvalue weighted by Gasteiger charge is -2.06. The average Bonchev–Trinajstić information content (AvgIpc) is 2.70. The Morgan fingerprint density at radius 2 is 2.29 bits per heavy atom. The van der Waals surface area contributed by atoms with Gasteiger partial charge in [-0.2, -0.15) is 0 Å². The van der Waals surface area contributed by atoms with Crippen molar-refractivity contribution >= 4 is 0 Å². The number of benzene rings is 1. The van der Waals surface area contributed by atoms with E-state index in [1.165, 1.54) is 23.0 Å². The maximum atomic E-state index is 13.0. The minimum atomic E-state index is -0.312. The van der Waals surface area contributed by atoms with Crippen LogP contribution in [0.4, 0.5) is 4.39 Å². The molecule has 0 saturated heterocycles. The highest BCUT2D eigenvalue weighted by molar-refractivity contribution is 5.40. The number of nitrogens with two attached hydrogens (primary N) is 1. The molecule has 4 nitrogen and oxygen atoms in total. The number of hydrogen-bond acceptors (Lipinski definition) is 3. The maximum Gasteiger partial charge on any atom is 0.125 e. The van der Waals surface area contributed by atoms with Crippen molar-refractivity contribution in [3.8, 4) is 5.69 Å². The molecule has 0 aliphatic heterocycles. The number of rotatable bonds is 2. The van der Waals surface area contributed by atoms with Gasteiger partial charge in [0.05, 0.1) is 18.1 Å². The highest BCUT2D eigenvalue weighted by Crippen LogP contribution is 2.14. The van der Waals surface area contributed by atoms with Gasteiger partial charge in [-0.15, -0.1) is 5.10 Å². The van der Waals surface area contributed by atoms with Crippen molar-refractivity contribution in [2.45, 2.75) is 6.54 Å². The molecule has 14 heavy (non-hydrogen) atoms. The lowest BCUT2D eigenvalue weighted by atomic mass is 10.2. The quantitative estimate of drug-likeness (QED) is 0.767. The van der Waals surface area contributed by atoms with Crippen molar-refractivity contribution in [3.63, 3.8) is 0 Å². The molecule has 0 saturated carbocycles. The summed E-state index contributed by atoms with van der Waals surface area (Å²) in [6.07, 6.45) is 3.18. The van der Waals surface area contributed by atoms with Crippen LogP contribution in [0.2, 0.25) is 0 Å². The Labute approximate surface area is 80.2 Å². The maximum absolute atomic E-state index is 13.0. The van der Waals surface area contributed by atoms with E-state index in [4.69, 9.17) is 5.73 Å². The van der Waals surface area contributed by atoms with Crippen LogP contribution in [0.25, 0.3) is 5.69 Å². The SMILES string of the molecule is NCc1ccc(F)cc1-n1ccnn1. The summed E-state index contributed by atoms with van der Waals surface area (Å²) in [4.78, 5) is 0. The average molecular weight is 192 g/mol. The van der Waals surface area contributed by atoms with Crippen LogP contribution in [0.3, 0.4) is 0 Å². The number of nitrogens with zero attached hydrogens (tertiary/aromatic N) is 3. The van der Waals surface area contributed by atoms with E-state index in [1.807, 2.05) is 0 Å². The first-order valence-corrected chi connectivity index (χ1v) is 4.16. The van der Waals surface area contributed by atoms with Gasteiger partial charge in [0, 0.05) is 6.54 Å². The number of hydrogen-bond donors (Lipinski definition) is 1. The standard InChI is InChI=1S/C9H9FN4/c10-8-2-1-7(6-11)9(5-8)14-4-3-12-13-14/h1-5H,6,11H2. The van der Waals surface area contributed by atoms with Gasteiger partial charge in [-0.3, -0.25) is 0 Å². The Morgan fingerprint density at radius 1 is 1.43 bits per heavy atom. The van der Waals surface area contributed by atoms with Crippen molar-refractivity contribution in [3.05, 3.63) is 42.0 Å². The topological polar surface area (TPSA) is 56.7 Å². The smallest absolute Gasteiger partial charge is 0.125 e. The highest BCUT2D eigenvalue weighted by atomic mass is 19.1. The molecular weight excluding hydrogens is 183 g/mol. The molecule has 0 unspecified atom stereocenters. The van der Waals surface area contributed by atoms with Gasteiger partial charge in [-0.25, -0.2) is 9.07 Å². The summed E-state index contributed by atoms with van der Waals surface area (Å²) in [7, 11) is 0. The van der Waals surface area contributed by atoms with Crippen LogP contribution in [-0.2, 0) is 6.54 Å². The largest absolute Gasteiger partial charge is 0.326 e. The minimum Gasteiger partial charge on any atom is -0.326 e. The fourth-order valence-electron chi connectivity index (χ4n) is 1.26. The van der Waals surface area contributed by atoms with Gasteiger partial charge < -0.3 is 5.73 Å². The van der Waals surface area contributed by atoms with Crippen LogP contribution in [0.15, 0.2) is 30.6 Å². The third-order valence-corrected chi connectivity index (χ3v) is 1.94. The molecule has 72 valence electrons. The van der Waals surface area contributed by atoms with E-state index >= 15 is 0 Å². The molecule has 0 aliphatic rings. The van der Waals surface area contributed by atoms with E-state index in [0.717, 1.165) is 5.56 Å². The Morgan fingerprint density at radius 3 is 2.93 bits per heavy atom. The van der Waals surface area contributed by atoms with Crippen LogP contribution in [0, 0.1) is 5.82 Å². The third-order valence-electron chi connectivity index (χ3n) is 1.94. The molecular formula is C9H9FN4. The molecule has 5 heteroatoms. The van der Waals surface area contributed by atoms with Gasteiger partial charge in [-0.1, -0.05) is 11.3 Å². The molecule has 2 N–H and O–H groups in total. The van der Waals surface area contributed by atoms with Gasteiger partial charge >= 0.3 is 0 Å². The Hall–Kier alpha value is -1.75.